The zero-order chi connectivity index (χ0) is 16.6. The van der Waals surface area contributed by atoms with E-state index < -0.39 is 5.79 Å². The molecule has 0 atom stereocenters. The third-order valence-corrected chi connectivity index (χ3v) is 5.08. The Bertz CT molecular complexity index is 769. The van der Waals surface area contributed by atoms with Crippen molar-refractivity contribution in [3.8, 4) is 5.75 Å². The van der Waals surface area contributed by atoms with Gasteiger partial charge in [-0.25, -0.2) is 0 Å². The predicted molar refractivity (Wildman–Crippen MR) is 90.4 cm³/mol. The average molecular weight is 343 g/mol. The van der Waals surface area contributed by atoms with E-state index in [2.05, 4.69) is 5.32 Å². The molecule has 0 aromatic heterocycles. The number of rotatable bonds is 3. The van der Waals surface area contributed by atoms with Gasteiger partial charge >= 0.3 is 0 Å². The summed E-state index contributed by atoms with van der Waals surface area (Å²) < 4.78 is 16.7. The molecule has 2 aromatic carbocycles. The first kappa shape index (κ1) is 15.5. The van der Waals surface area contributed by atoms with Crippen LogP contribution in [0, 0.1) is 0 Å². The molecule has 4 rings (SSSR count). The highest BCUT2D eigenvalue weighted by Crippen LogP contribution is 2.44. The van der Waals surface area contributed by atoms with Gasteiger partial charge in [0.1, 0.15) is 5.75 Å². The summed E-state index contributed by atoms with van der Waals surface area (Å²) >= 11 is 1.62. The van der Waals surface area contributed by atoms with Gasteiger partial charge in [-0.15, -0.1) is 0 Å². The lowest BCUT2D eigenvalue weighted by molar-refractivity contribution is -0.255. The molecule has 0 unspecified atom stereocenters. The zero-order valence-corrected chi connectivity index (χ0v) is 14.0. The monoisotopic (exact) mass is 343 g/mol. The fraction of sp³-hybridized carbons (Fsp3) is 0.278. The maximum Gasteiger partial charge on any atom is 0.289 e. The first-order valence-electron chi connectivity index (χ1n) is 7.77. The molecular formula is C18H17NO4S. The molecule has 1 fully saturated rings. The zero-order valence-electron chi connectivity index (χ0n) is 13.2. The number of benzene rings is 2. The minimum absolute atomic E-state index is 0.246. The van der Waals surface area contributed by atoms with Crippen molar-refractivity contribution < 1.29 is 19.0 Å². The molecule has 2 aliphatic heterocycles. The van der Waals surface area contributed by atoms with Crippen molar-refractivity contribution in [1.82, 2.24) is 0 Å². The summed E-state index contributed by atoms with van der Waals surface area (Å²) in [6.45, 7) is 1.03. The smallest absolute Gasteiger partial charge is 0.289 e. The van der Waals surface area contributed by atoms with Gasteiger partial charge in [-0.3, -0.25) is 4.79 Å². The molecule has 2 aromatic rings. The van der Waals surface area contributed by atoms with Crippen LogP contribution in [0.1, 0.15) is 12.0 Å². The summed E-state index contributed by atoms with van der Waals surface area (Å²) in [5.41, 5.74) is 1.51. The number of nitrogens with one attached hydrogen (secondary N) is 1. The second-order valence-corrected chi connectivity index (χ2v) is 6.75. The van der Waals surface area contributed by atoms with E-state index in [0.717, 1.165) is 33.2 Å². The van der Waals surface area contributed by atoms with E-state index in [1.165, 1.54) is 0 Å². The Balaban J connectivity index is 1.64. The Hall–Kier alpha value is -2.02. The number of hydrogen-bond donors (Lipinski definition) is 1. The lowest BCUT2D eigenvalue weighted by Gasteiger charge is -2.31. The van der Waals surface area contributed by atoms with E-state index in [0.29, 0.717) is 13.2 Å². The maximum absolute atomic E-state index is 12.4. The van der Waals surface area contributed by atoms with E-state index in [-0.39, 0.29) is 5.91 Å². The maximum atomic E-state index is 12.4. The van der Waals surface area contributed by atoms with Crippen LogP contribution in [0.15, 0.2) is 52.3 Å². The second kappa shape index (κ2) is 6.12. The number of carbonyl (C=O) groups excluding carboxylic acids is 1. The van der Waals surface area contributed by atoms with Crippen LogP contribution in [0.4, 0.5) is 5.69 Å². The van der Waals surface area contributed by atoms with Crippen molar-refractivity contribution in [2.45, 2.75) is 22.0 Å². The normalized spacial score (nSPS) is 18.3. The molecule has 0 saturated carbocycles. The largest absolute Gasteiger partial charge is 0.497 e. The van der Waals surface area contributed by atoms with Crippen LogP contribution in [0.25, 0.3) is 0 Å². The summed E-state index contributed by atoms with van der Waals surface area (Å²) in [7, 11) is 1.65. The van der Waals surface area contributed by atoms with E-state index in [9.17, 15) is 4.79 Å². The van der Waals surface area contributed by atoms with Gasteiger partial charge in [0, 0.05) is 15.4 Å². The van der Waals surface area contributed by atoms with Crippen molar-refractivity contribution in [2.24, 2.45) is 0 Å². The first-order valence-corrected chi connectivity index (χ1v) is 8.59. The van der Waals surface area contributed by atoms with Gasteiger partial charge in [-0.1, -0.05) is 11.8 Å². The number of fused-ring (bicyclic) bond motifs is 2. The minimum Gasteiger partial charge on any atom is -0.497 e. The highest BCUT2D eigenvalue weighted by atomic mass is 32.2. The van der Waals surface area contributed by atoms with Gasteiger partial charge < -0.3 is 19.5 Å². The quantitative estimate of drug-likeness (QED) is 0.926. The van der Waals surface area contributed by atoms with Crippen LogP contribution in [-0.4, -0.2) is 26.2 Å². The molecule has 124 valence electrons. The number of methoxy groups -OCH3 is 1. The predicted octanol–water partition coefficient (Wildman–Crippen LogP) is 3.39. The first-order chi connectivity index (χ1) is 11.7. The molecule has 1 spiro atoms. The average Bonchev–Trinajstić information content (AvgIpc) is 2.88. The summed E-state index contributed by atoms with van der Waals surface area (Å²) in [4.78, 5) is 14.5. The van der Waals surface area contributed by atoms with Crippen LogP contribution in [0.2, 0.25) is 0 Å². The molecule has 0 aliphatic carbocycles. The van der Waals surface area contributed by atoms with E-state index in [1.54, 1.807) is 18.9 Å². The number of hydrogen-bond acceptors (Lipinski definition) is 5. The van der Waals surface area contributed by atoms with Crippen LogP contribution in [-0.2, 0) is 20.1 Å². The standard InChI is InChI=1S/C18H17NO4S/c1-21-12-3-5-13(6-4-12)24-14-7-8-16-15(11-14)18(17(20)19-16)22-9-2-10-23-18/h3-8,11H,2,9-10H2,1H3,(H,19,20). The van der Waals surface area contributed by atoms with Crippen LogP contribution in [0.3, 0.4) is 0 Å². The lowest BCUT2D eigenvalue weighted by Crippen LogP contribution is -2.43. The van der Waals surface area contributed by atoms with E-state index in [1.807, 2.05) is 42.5 Å². The van der Waals surface area contributed by atoms with Gasteiger partial charge in [0.05, 0.1) is 26.0 Å². The molecule has 1 amide bonds. The van der Waals surface area contributed by atoms with E-state index >= 15 is 0 Å². The summed E-state index contributed by atoms with van der Waals surface area (Å²) in [6.07, 6.45) is 0.796. The summed E-state index contributed by atoms with van der Waals surface area (Å²) in [6, 6.07) is 13.7. The molecule has 6 heteroatoms. The van der Waals surface area contributed by atoms with Crippen LogP contribution in [0.5, 0.6) is 5.75 Å². The van der Waals surface area contributed by atoms with Gasteiger partial charge in [0.15, 0.2) is 0 Å². The molecule has 0 bridgehead atoms. The molecule has 2 heterocycles. The van der Waals surface area contributed by atoms with Crippen molar-refractivity contribution in [3.05, 3.63) is 48.0 Å². The van der Waals surface area contributed by atoms with Crippen molar-refractivity contribution in [2.75, 3.05) is 25.6 Å². The molecular weight excluding hydrogens is 326 g/mol. The van der Waals surface area contributed by atoms with Gasteiger partial charge in [0.25, 0.3) is 11.7 Å². The van der Waals surface area contributed by atoms with Gasteiger partial charge in [-0.05, 0) is 48.9 Å². The molecule has 5 nitrogen and oxygen atoms in total. The van der Waals surface area contributed by atoms with Crippen molar-refractivity contribution in [1.29, 1.82) is 0 Å². The Labute approximate surface area is 144 Å². The minimum atomic E-state index is -1.29. The topological polar surface area (TPSA) is 56.8 Å². The summed E-state index contributed by atoms with van der Waals surface area (Å²) in [5, 5.41) is 2.85. The van der Waals surface area contributed by atoms with Crippen molar-refractivity contribution >= 4 is 23.4 Å². The Morgan fingerprint density at radius 2 is 1.79 bits per heavy atom. The molecule has 1 saturated heterocycles. The number of ether oxygens (including phenoxy) is 3. The molecule has 1 N–H and O–H groups in total. The molecule has 2 aliphatic rings. The third kappa shape index (κ3) is 2.56. The number of amides is 1. The highest BCUT2D eigenvalue weighted by molar-refractivity contribution is 7.99. The van der Waals surface area contributed by atoms with Crippen LogP contribution < -0.4 is 10.1 Å². The van der Waals surface area contributed by atoms with Gasteiger partial charge in [-0.2, -0.15) is 0 Å². The van der Waals surface area contributed by atoms with E-state index in [4.69, 9.17) is 14.2 Å². The SMILES string of the molecule is COc1ccc(Sc2ccc3c(c2)C2(OCCCO2)C(=O)N3)cc1. The summed E-state index contributed by atoms with van der Waals surface area (Å²) in [5.74, 6) is -0.709. The number of carbonyl (C=O) groups is 1. The lowest BCUT2D eigenvalue weighted by atomic mass is 10.1. The second-order valence-electron chi connectivity index (χ2n) is 5.61. The third-order valence-electron chi connectivity index (χ3n) is 4.09. The van der Waals surface area contributed by atoms with Crippen LogP contribution >= 0.6 is 11.8 Å². The number of anilines is 1. The Morgan fingerprint density at radius 1 is 1.08 bits per heavy atom. The highest BCUT2D eigenvalue weighted by Gasteiger charge is 2.51. The Kier molecular flexibility index (Phi) is 3.96. The fourth-order valence-electron chi connectivity index (χ4n) is 2.89. The Morgan fingerprint density at radius 3 is 2.50 bits per heavy atom. The molecule has 24 heavy (non-hydrogen) atoms. The van der Waals surface area contributed by atoms with Crippen molar-refractivity contribution in [3.63, 3.8) is 0 Å². The molecule has 0 radical (unpaired) electrons. The van der Waals surface area contributed by atoms with Gasteiger partial charge in [0.2, 0.25) is 0 Å². The fourth-order valence-corrected chi connectivity index (χ4v) is 3.75.